The standard InChI is InChI=1S/C16H20N2O5/c19-14(6-3-7-15(20)21)17-13-5-2-1-4-12(13)16(22)18-8-10-23-11-9-18/h1-2,4-5H,3,6-11H2,(H,17,19)(H,20,21). The van der Waals surface area contributed by atoms with E-state index in [2.05, 4.69) is 5.32 Å². The summed E-state index contributed by atoms with van der Waals surface area (Å²) in [6, 6.07) is 6.82. The second kappa shape index (κ2) is 8.28. The van der Waals surface area contributed by atoms with E-state index in [-0.39, 0.29) is 31.1 Å². The van der Waals surface area contributed by atoms with Gasteiger partial charge in [0.25, 0.3) is 5.91 Å². The van der Waals surface area contributed by atoms with Crippen LogP contribution >= 0.6 is 0 Å². The summed E-state index contributed by atoms with van der Waals surface area (Å²) in [4.78, 5) is 36.6. The number of carbonyl (C=O) groups excluding carboxylic acids is 2. The van der Waals surface area contributed by atoms with Gasteiger partial charge in [-0.05, 0) is 18.6 Å². The van der Waals surface area contributed by atoms with Gasteiger partial charge in [0.15, 0.2) is 0 Å². The summed E-state index contributed by atoms with van der Waals surface area (Å²) in [5.74, 6) is -1.37. The van der Waals surface area contributed by atoms with Crippen LogP contribution in [0, 0.1) is 0 Å². The number of rotatable bonds is 6. The molecule has 2 amide bonds. The maximum Gasteiger partial charge on any atom is 0.303 e. The molecule has 0 radical (unpaired) electrons. The van der Waals surface area contributed by atoms with Gasteiger partial charge in [0, 0.05) is 25.9 Å². The maximum atomic E-state index is 12.5. The molecule has 1 saturated heterocycles. The zero-order chi connectivity index (χ0) is 16.7. The topological polar surface area (TPSA) is 95.9 Å². The number of nitrogens with one attached hydrogen (secondary N) is 1. The average molecular weight is 320 g/mol. The van der Waals surface area contributed by atoms with Crippen LogP contribution in [0.4, 0.5) is 5.69 Å². The number of hydrogen-bond acceptors (Lipinski definition) is 4. The lowest BCUT2D eigenvalue weighted by atomic mass is 10.1. The van der Waals surface area contributed by atoms with E-state index in [1.54, 1.807) is 29.2 Å². The summed E-state index contributed by atoms with van der Waals surface area (Å²) >= 11 is 0. The minimum Gasteiger partial charge on any atom is -0.481 e. The largest absolute Gasteiger partial charge is 0.481 e. The molecule has 1 aromatic carbocycles. The molecule has 2 N–H and O–H groups in total. The minimum absolute atomic E-state index is 0.0538. The molecular formula is C16H20N2O5. The lowest BCUT2D eigenvalue weighted by Gasteiger charge is -2.27. The van der Waals surface area contributed by atoms with Gasteiger partial charge in [-0.2, -0.15) is 0 Å². The number of amides is 2. The molecule has 1 aromatic rings. The predicted molar refractivity (Wildman–Crippen MR) is 83.3 cm³/mol. The lowest BCUT2D eigenvalue weighted by molar-refractivity contribution is -0.137. The summed E-state index contributed by atoms with van der Waals surface area (Å²) in [6.07, 6.45) is 0.314. The van der Waals surface area contributed by atoms with Gasteiger partial charge in [-0.3, -0.25) is 14.4 Å². The summed E-state index contributed by atoms with van der Waals surface area (Å²) in [6.45, 7) is 2.07. The fourth-order valence-corrected chi connectivity index (χ4v) is 2.33. The molecule has 2 rings (SSSR count). The van der Waals surface area contributed by atoms with Crippen LogP contribution in [-0.4, -0.2) is 54.1 Å². The van der Waals surface area contributed by atoms with Crippen LogP contribution in [0.25, 0.3) is 0 Å². The highest BCUT2D eigenvalue weighted by atomic mass is 16.5. The van der Waals surface area contributed by atoms with Crippen molar-refractivity contribution >= 4 is 23.5 Å². The molecule has 0 aliphatic carbocycles. The number of morpholine rings is 1. The fraction of sp³-hybridized carbons (Fsp3) is 0.438. The monoisotopic (exact) mass is 320 g/mol. The molecule has 0 aromatic heterocycles. The number of aliphatic carboxylic acids is 1. The van der Waals surface area contributed by atoms with E-state index in [4.69, 9.17) is 9.84 Å². The first-order valence-electron chi connectivity index (χ1n) is 7.55. The zero-order valence-corrected chi connectivity index (χ0v) is 12.8. The molecule has 1 aliphatic rings. The van der Waals surface area contributed by atoms with Gasteiger partial charge >= 0.3 is 5.97 Å². The van der Waals surface area contributed by atoms with Gasteiger partial charge < -0.3 is 20.1 Å². The van der Waals surface area contributed by atoms with E-state index in [0.29, 0.717) is 37.6 Å². The third kappa shape index (κ3) is 5.07. The van der Waals surface area contributed by atoms with E-state index < -0.39 is 5.97 Å². The van der Waals surface area contributed by atoms with Crippen molar-refractivity contribution in [2.75, 3.05) is 31.6 Å². The van der Waals surface area contributed by atoms with Crippen molar-refractivity contribution in [2.24, 2.45) is 0 Å². The van der Waals surface area contributed by atoms with Crippen molar-refractivity contribution in [3.8, 4) is 0 Å². The quantitative estimate of drug-likeness (QED) is 0.825. The summed E-state index contributed by atoms with van der Waals surface area (Å²) in [5.41, 5.74) is 0.880. The van der Waals surface area contributed by atoms with Crippen LogP contribution < -0.4 is 5.32 Å². The summed E-state index contributed by atoms with van der Waals surface area (Å²) in [7, 11) is 0. The van der Waals surface area contributed by atoms with Crippen molar-refractivity contribution < 1.29 is 24.2 Å². The number of carbonyl (C=O) groups is 3. The molecule has 0 atom stereocenters. The number of hydrogen-bond donors (Lipinski definition) is 2. The Morgan fingerprint density at radius 3 is 2.52 bits per heavy atom. The summed E-state index contributed by atoms with van der Waals surface area (Å²) in [5, 5.41) is 11.3. The van der Waals surface area contributed by atoms with E-state index >= 15 is 0 Å². The van der Waals surface area contributed by atoms with Crippen LogP contribution in [0.3, 0.4) is 0 Å². The zero-order valence-electron chi connectivity index (χ0n) is 12.8. The number of ether oxygens (including phenoxy) is 1. The van der Waals surface area contributed by atoms with Crippen molar-refractivity contribution in [2.45, 2.75) is 19.3 Å². The summed E-state index contributed by atoms with van der Waals surface area (Å²) < 4.78 is 5.23. The van der Waals surface area contributed by atoms with Gasteiger partial charge in [-0.15, -0.1) is 0 Å². The first-order valence-corrected chi connectivity index (χ1v) is 7.55. The normalized spacial score (nSPS) is 14.3. The number of carboxylic acid groups (broad SMARTS) is 1. The minimum atomic E-state index is -0.930. The molecular weight excluding hydrogens is 300 g/mol. The molecule has 1 fully saturated rings. The van der Waals surface area contributed by atoms with E-state index in [9.17, 15) is 14.4 Å². The van der Waals surface area contributed by atoms with Crippen LogP contribution in [0.15, 0.2) is 24.3 Å². The second-order valence-corrected chi connectivity index (χ2v) is 5.25. The van der Waals surface area contributed by atoms with Crippen LogP contribution in [0.1, 0.15) is 29.6 Å². The van der Waals surface area contributed by atoms with Gasteiger partial charge in [0.2, 0.25) is 5.91 Å². The van der Waals surface area contributed by atoms with Crippen LogP contribution in [-0.2, 0) is 14.3 Å². The Kier molecular flexibility index (Phi) is 6.10. The number of benzene rings is 1. The highest BCUT2D eigenvalue weighted by Crippen LogP contribution is 2.18. The molecule has 0 saturated carbocycles. The van der Waals surface area contributed by atoms with Crippen molar-refractivity contribution in [1.82, 2.24) is 4.90 Å². The van der Waals surface area contributed by atoms with E-state index in [0.717, 1.165) is 0 Å². The van der Waals surface area contributed by atoms with Crippen LogP contribution in [0.2, 0.25) is 0 Å². The maximum absolute atomic E-state index is 12.5. The lowest BCUT2D eigenvalue weighted by Crippen LogP contribution is -2.41. The average Bonchev–Trinajstić information content (AvgIpc) is 2.55. The molecule has 0 unspecified atom stereocenters. The highest BCUT2D eigenvalue weighted by molar-refractivity contribution is 6.03. The Balaban J connectivity index is 2.00. The number of anilines is 1. The Bertz CT molecular complexity index is 582. The fourth-order valence-electron chi connectivity index (χ4n) is 2.33. The molecule has 1 aliphatic heterocycles. The predicted octanol–water partition coefficient (Wildman–Crippen LogP) is 1.35. The Morgan fingerprint density at radius 1 is 1.13 bits per heavy atom. The van der Waals surface area contributed by atoms with E-state index in [1.807, 2.05) is 0 Å². The van der Waals surface area contributed by atoms with E-state index in [1.165, 1.54) is 0 Å². The third-order valence-corrected chi connectivity index (χ3v) is 3.52. The van der Waals surface area contributed by atoms with Gasteiger partial charge in [-0.1, -0.05) is 12.1 Å². The Morgan fingerprint density at radius 2 is 1.83 bits per heavy atom. The van der Waals surface area contributed by atoms with Crippen molar-refractivity contribution in [3.05, 3.63) is 29.8 Å². The molecule has 0 bridgehead atoms. The molecule has 7 heteroatoms. The molecule has 7 nitrogen and oxygen atoms in total. The number of nitrogens with zero attached hydrogens (tertiary/aromatic N) is 1. The van der Waals surface area contributed by atoms with Gasteiger partial charge in [0.05, 0.1) is 24.5 Å². The molecule has 23 heavy (non-hydrogen) atoms. The van der Waals surface area contributed by atoms with Crippen molar-refractivity contribution in [1.29, 1.82) is 0 Å². The van der Waals surface area contributed by atoms with Gasteiger partial charge in [0.1, 0.15) is 0 Å². The van der Waals surface area contributed by atoms with Crippen LogP contribution in [0.5, 0.6) is 0 Å². The smallest absolute Gasteiger partial charge is 0.303 e. The third-order valence-electron chi connectivity index (χ3n) is 3.52. The Hall–Kier alpha value is -2.41. The first kappa shape index (κ1) is 17.0. The van der Waals surface area contributed by atoms with Crippen molar-refractivity contribution in [3.63, 3.8) is 0 Å². The van der Waals surface area contributed by atoms with Gasteiger partial charge in [-0.25, -0.2) is 0 Å². The first-order chi connectivity index (χ1) is 11.1. The Labute approximate surface area is 134 Å². The SMILES string of the molecule is O=C(O)CCCC(=O)Nc1ccccc1C(=O)N1CCOCC1. The second-order valence-electron chi connectivity index (χ2n) is 5.25. The molecule has 1 heterocycles. The number of carboxylic acids is 1. The number of para-hydroxylation sites is 1. The molecule has 0 spiro atoms. The highest BCUT2D eigenvalue weighted by Gasteiger charge is 2.21. The molecule has 124 valence electrons.